The van der Waals surface area contributed by atoms with Crippen LogP contribution in [0.5, 0.6) is 0 Å². The average molecular weight is 304 g/mol. The molecule has 0 aliphatic heterocycles. The number of hydrogen-bond acceptors (Lipinski definition) is 3. The molecular formula is C14H22F2O3Si. The molecule has 114 valence electrons. The Morgan fingerprint density at radius 1 is 1.00 bits per heavy atom. The van der Waals surface area contributed by atoms with Crippen molar-refractivity contribution in [3.8, 4) is 0 Å². The molecule has 0 unspecified atom stereocenters. The second kappa shape index (κ2) is 7.26. The predicted molar refractivity (Wildman–Crippen MR) is 75.3 cm³/mol. The first-order valence-electron chi connectivity index (χ1n) is 6.62. The SMILES string of the molecule is CO[Si](Cc1ccc(F)c(F)c1)(OC(C)C)OC(C)C. The molecule has 0 aliphatic carbocycles. The highest BCUT2D eigenvalue weighted by Gasteiger charge is 2.42. The van der Waals surface area contributed by atoms with Crippen molar-refractivity contribution in [3.05, 3.63) is 35.4 Å². The van der Waals surface area contributed by atoms with Gasteiger partial charge in [-0.25, -0.2) is 8.78 Å². The first-order valence-corrected chi connectivity index (χ1v) is 8.56. The Hall–Kier alpha value is -0.823. The van der Waals surface area contributed by atoms with Gasteiger partial charge in [-0.15, -0.1) is 0 Å². The highest BCUT2D eigenvalue weighted by atomic mass is 28.4. The summed E-state index contributed by atoms with van der Waals surface area (Å²) in [5.74, 6) is -1.75. The molecule has 1 aromatic rings. The van der Waals surface area contributed by atoms with Gasteiger partial charge in [0, 0.05) is 25.4 Å². The van der Waals surface area contributed by atoms with Gasteiger partial charge in [0.2, 0.25) is 0 Å². The van der Waals surface area contributed by atoms with Crippen LogP contribution in [-0.4, -0.2) is 28.1 Å². The molecule has 0 saturated heterocycles. The lowest BCUT2D eigenvalue weighted by molar-refractivity contribution is 0.0319. The molecule has 0 N–H and O–H groups in total. The molecular weight excluding hydrogens is 282 g/mol. The van der Waals surface area contributed by atoms with E-state index in [2.05, 4.69) is 0 Å². The maximum Gasteiger partial charge on any atom is 0.505 e. The van der Waals surface area contributed by atoms with Gasteiger partial charge in [-0.1, -0.05) is 6.07 Å². The van der Waals surface area contributed by atoms with Gasteiger partial charge >= 0.3 is 8.80 Å². The van der Waals surface area contributed by atoms with Crippen LogP contribution in [-0.2, 0) is 19.3 Å². The highest BCUT2D eigenvalue weighted by Crippen LogP contribution is 2.21. The summed E-state index contributed by atoms with van der Waals surface area (Å²) < 4.78 is 43.5. The van der Waals surface area contributed by atoms with Gasteiger partial charge in [-0.3, -0.25) is 0 Å². The van der Waals surface area contributed by atoms with E-state index in [-0.39, 0.29) is 12.2 Å². The van der Waals surface area contributed by atoms with Crippen molar-refractivity contribution in [1.29, 1.82) is 0 Å². The lowest BCUT2D eigenvalue weighted by atomic mass is 10.2. The minimum absolute atomic E-state index is 0.0781. The summed E-state index contributed by atoms with van der Waals surface area (Å²) in [6.45, 7) is 7.54. The zero-order valence-electron chi connectivity index (χ0n) is 12.6. The normalized spacial score (nSPS) is 12.4. The Morgan fingerprint density at radius 2 is 1.55 bits per heavy atom. The molecule has 0 radical (unpaired) electrons. The summed E-state index contributed by atoms with van der Waals surface area (Å²) in [6.07, 6.45) is -0.156. The molecule has 0 aliphatic rings. The highest BCUT2D eigenvalue weighted by molar-refractivity contribution is 6.60. The standard InChI is InChI=1S/C14H22F2O3Si/c1-10(2)18-20(17-5,19-11(3)4)9-12-6-7-13(15)14(16)8-12/h6-8,10-11H,9H2,1-5H3. The van der Waals surface area contributed by atoms with Crippen LogP contribution in [0.4, 0.5) is 8.78 Å². The van der Waals surface area contributed by atoms with Gasteiger partial charge in [0.05, 0.1) is 0 Å². The van der Waals surface area contributed by atoms with Crippen molar-refractivity contribution in [1.82, 2.24) is 0 Å². The van der Waals surface area contributed by atoms with Crippen molar-refractivity contribution < 1.29 is 22.1 Å². The van der Waals surface area contributed by atoms with Gasteiger partial charge in [-0.05, 0) is 45.4 Å². The molecule has 6 heteroatoms. The van der Waals surface area contributed by atoms with Crippen molar-refractivity contribution in [2.75, 3.05) is 7.11 Å². The number of hydrogen-bond donors (Lipinski definition) is 0. The molecule has 3 nitrogen and oxygen atoms in total. The molecule has 0 bridgehead atoms. The van der Waals surface area contributed by atoms with Crippen LogP contribution in [0.3, 0.4) is 0 Å². The second-order valence-corrected chi connectivity index (χ2v) is 7.74. The van der Waals surface area contributed by atoms with Crippen LogP contribution in [0.15, 0.2) is 18.2 Å². The lowest BCUT2D eigenvalue weighted by Crippen LogP contribution is -2.50. The predicted octanol–water partition coefficient (Wildman–Crippen LogP) is 3.48. The fraction of sp³-hybridized carbons (Fsp3) is 0.571. The topological polar surface area (TPSA) is 27.7 Å². The Morgan fingerprint density at radius 3 is 1.95 bits per heavy atom. The van der Waals surface area contributed by atoms with Crippen LogP contribution >= 0.6 is 0 Å². The summed E-state index contributed by atoms with van der Waals surface area (Å²) in [5.41, 5.74) is 0.596. The molecule has 0 fully saturated rings. The quantitative estimate of drug-likeness (QED) is 0.722. The van der Waals surface area contributed by atoms with Crippen LogP contribution in [0.1, 0.15) is 33.3 Å². The Bertz CT molecular complexity index is 428. The minimum atomic E-state index is -2.97. The third-order valence-electron chi connectivity index (χ3n) is 2.55. The molecule has 0 saturated carbocycles. The van der Waals surface area contributed by atoms with E-state index in [1.807, 2.05) is 27.7 Å². The molecule has 0 aromatic heterocycles. The van der Waals surface area contributed by atoms with E-state index in [0.29, 0.717) is 11.6 Å². The molecule has 0 amide bonds. The zero-order valence-corrected chi connectivity index (χ0v) is 13.6. The van der Waals surface area contributed by atoms with E-state index in [0.717, 1.165) is 12.1 Å². The minimum Gasteiger partial charge on any atom is -0.377 e. The summed E-state index contributed by atoms with van der Waals surface area (Å²) in [7, 11) is -1.44. The first-order chi connectivity index (χ1) is 9.28. The molecule has 1 aromatic carbocycles. The Kier molecular flexibility index (Phi) is 6.26. The van der Waals surface area contributed by atoms with Crippen molar-refractivity contribution in [2.45, 2.75) is 45.9 Å². The third kappa shape index (κ3) is 4.94. The van der Waals surface area contributed by atoms with Gasteiger partial charge < -0.3 is 13.3 Å². The fourth-order valence-electron chi connectivity index (χ4n) is 1.90. The van der Waals surface area contributed by atoms with Crippen LogP contribution in [0, 0.1) is 11.6 Å². The molecule has 1 rings (SSSR count). The summed E-state index contributed by atoms with van der Waals surface area (Å²) in [6, 6.07) is 4.08. The maximum absolute atomic E-state index is 13.3. The smallest absolute Gasteiger partial charge is 0.377 e. The summed E-state index contributed by atoms with van der Waals surface area (Å²) in [5, 5.41) is 0. The lowest BCUT2D eigenvalue weighted by Gasteiger charge is -2.31. The van der Waals surface area contributed by atoms with Gasteiger partial charge in [0.1, 0.15) is 0 Å². The molecule has 20 heavy (non-hydrogen) atoms. The Labute approximate surface area is 120 Å². The van der Waals surface area contributed by atoms with E-state index < -0.39 is 20.4 Å². The van der Waals surface area contributed by atoms with Crippen LogP contribution in [0.25, 0.3) is 0 Å². The van der Waals surface area contributed by atoms with E-state index in [1.165, 1.54) is 13.2 Å². The number of halogens is 2. The van der Waals surface area contributed by atoms with E-state index in [4.69, 9.17) is 13.3 Å². The largest absolute Gasteiger partial charge is 0.505 e. The molecule has 0 spiro atoms. The van der Waals surface area contributed by atoms with E-state index in [9.17, 15) is 8.78 Å². The Balaban J connectivity index is 3.00. The second-order valence-electron chi connectivity index (χ2n) is 5.15. The van der Waals surface area contributed by atoms with Gasteiger partial charge in [0.25, 0.3) is 0 Å². The van der Waals surface area contributed by atoms with Crippen molar-refractivity contribution in [3.63, 3.8) is 0 Å². The first kappa shape index (κ1) is 17.2. The fourth-order valence-corrected chi connectivity index (χ4v) is 4.61. The monoisotopic (exact) mass is 304 g/mol. The van der Waals surface area contributed by atoms with Gasteiger partial charge in [0.15, 0.2) is 11.6 Å². The average Bonchev–Trinajstić information content (AvgIpc) is 2.32. The van der Waals surface area contributed by atoms with Crippen molar-refractivity contribution in [2.24, 2.45) is 0 Å². The third-order valence-corrected chi connectivity index (χ3v) is 5.67. The number of rotatable bonds is 7. The molecule has 0 heterocycles. The molecule has 0 atom stereocenters. The van der Waals surface area contributed by atoms with Crippen molar-refractivity contribution >= 4 is 8.80 Å². The van der Waals surface area contributed by atoms with E-state index >= 15 is 0 Å². The summed E-state index contributed by atoms with van der Waals surface area (Å²) >= 11 is 0. The van der Waals surface area contributed by atoms with Crippen LogP contribution in [0.2, 0.25) is 0 Å². The van der Waals surface area contributed by atoms with E-state index in [1.54, 1.807) is 0 Å². The number of benzene rings is 1. The van der Waals surface area contributed by atoms with Crippen LogP contribution < -0.4 is 0 Å². The summed E-state index contributed by atoms with van der Waals surface area (Å²) in [4.78, 5) is 0. The maximum atomic E-state index is 13.3. The zero-order chi connectivity index (χ0) is 15.3. The van der Waals surface area contributed by atoms with Gasteiger partial charge in [-0.2, -0.15) is 0 Å².